The average Bonchev–Trinajstić information content (AvgIpc) is 2.22. The van der Waals surface area contributed by atoms with Crippen LogP contribution < -0.4 is 11.1 Å². The van der Waals surface area contributed by atoms with Crippen molar-refractivity contribution in [1.82, 2.24) is 4.98 Å². The second-order valence-corrected chi connectivity index (χ2v) is 4.56. The van der Waals surface area contributed by atoms with Crippen LogP contribution in [-0.4, -0.2) is 4.98 Å². The van der Waals surface area contributed by atoms with E-state index in [2.05, 4.69) is 26.2 Å². The Labute approximate surface area is 107 Å². The van der Waals surface area contributed by atoms with Crippen molar-refractivity contribution in [3.63, 3.8) is 0 Å². The van der Waals surface area contributed by atoms with Gasteiger partial charge in [-0.3, -0.25) is 0 Å². The van der Waals surface area contributed by atoms with Crippen LogP contribution in [0.1, 0.15) is 0 Å². The summed E-state index contributed by atoms with van der Waals surface area (Å²) in [5.74, 6) is 0.592. The van der Waals surface area contributed by atoms with Gasteiger partial charge in [0, 0.05) is 10.2 Å². The second kappa shape index (κ2) is 4.72. The number of halogens is 2. The highest BCUT2D eigenvalue weighted by Crippen LogP contribution is 2.25. The third kappa shape index (κ3) is 2.65. The summed E-state index contributed by atoms with van der Waals surface area (Å²) in [6.45, 7) is 0. The number of nitrogens with two attached hydrogens (primary N) is 1. The van der Waals surface area contributed by atoms with Crippen molar-refractivity contribution >= 4 is 44.7 Å². The van der Waals surface area contributed by atoms with Crippen LogP contribution in [0.5, 0.6) is 0 Å². The predicted molar refractivity (Wildman–Crippen MR) is 71.1 cm³/mol. The van der Waals surface area contributed by atoms with Crippen molar-refractivity contribution in [2.45, 2.75) is 0 Å². The van der Waals surface area contributed by atoms with E-state index in [4.69, 9.17) is 17.3 Å². The zero-order valence-electron chi connectivity index (χ0n) is 8.24. The number of nitrogens with one attached hydrogen (secondary N) is 1. The molecule has 0 atom stereocenters. The molecular formula is C11H9BrClN3. The molecule has 0 unspecified atom stereocenters. The van der Waals surface area contributed by atoms with Crippen LogP contribution in [0.2, 0.25) is 5.02 Å². The normalized spacial score (nSPS) is 10.1. The molecule has 3 N–H and O–H groups in total. The van der Waals surface area contributed by atoms with E-state index in [0.29, 0.717) is 16.5 Å². The predicted octanol–water partition coefficient (Wildman–Crippen LogP) is 3.82. The van der Waals surface area contributed by atoms with Crippen molar-refractivity contribution in [3.05, 3.63) is 46.0 Å². The van der Waals surface area contributed by atoms with E-state index in [1.165, 1.54) is 0 Å². The number of nitrogens with zero attached hydrogens (tertiary/aromatic N) is 1. The van der Waals surface area contributed by atoms with Gasteiger partial charge in [0.25, 0.3) is 0 Å². The van der Waals surface area contributed by atoms with Gasteiger partial charge in [-0.1, -0.05) is 33.6 Å². The van der Waals surface area contributed by atoms with Crippen molar-refractivity contribution in [1.29, 1.82) is 0 Å². The minimum atomic E-state index is 0.500. The number of benzene rings is 1. The Hall–Kier alpha value is -1.26. The number of anilines is 3. The van der Waals surface area contributed by atoms with Gasteiger partial charge in [0.1, 0.15) is 5.82 Å². The lowest BCUT2D eigenvalue weighted by Crippen LogP contribution is -1.96. The fourth-order valence-corrected chi connectivity index (χ4v) is 1.87. The van der Waals surface area contributed by atoms with Gasteiger partial charge in [0.15, 0.2) is 0 Å². The standard InChI is InChI=1S/C11H9BrClN3/c12-7-2-1-3-9(4-7)16-11-10(13)5-8(14)6-15-11/h1-6H,14H2,(H,15,16). The Morgan fingerprint density at radius 2 is 2.12 bits per heavy atom. The van der Waals surface area contributed by atoms with E-state index in [0.717, 1.165) is 10.2 Å². The number of hydrogen-bond donors (Lipinski definition) is 2. The maximum absolute atomic E-state index is 6.00. The van der Waals surface area contributed by atoms with Gasteiger partial charge in [-0.25, -0.2) is 4.98 Å². The first-order chi connectivity index (χ1) is 7.65. The quantitative estimate of drug-likeness (QED) is 0.886. The molecule has 1 aromatic carbocycles. The first-order valence-electron chi connectivity index (χ1n) is 4.59. The number of aromatic nitrogens is 1. The van der Waals surface area contributed by atoms with Crippen molar-refractivity contribution < 1.29 is 0 Å². The maximum atomic E-state index is 6.00. The number of nitrogen functional groups attached to an aromatic ring is 1. The summed E-state index contributed by atoms with van der Waals surface area (Å²) in [7, 11) is 0. The molecule has 0 aliphatic heterocycles. The molecule has 0 saturated heterocycles. The molecule has 0 spiro atoms. The minimum Gasteiger partial charge on any atom is -0.397 e. The van der Waals surface area contributed by atoms with E-state index >= 15 is 0 Å². The molecular weight excluding hydrogens is 289 g/mol. The summed E-state index contributed by atoms with van der Waals surface area (Å²) in [4.78, 5) is 4.12. The lowest BCUT2D eigenvalue weighted by atomic mass is 10.3. The molecule has 0 aliphatic rings. The molecule has 1 heterocycles. The molecule has 0 aliphatic carbocycles. The lowest BCUT2D eigenvalue weighted by molar-refractivity contribution is 1.31. The Morgan fingerprint density at radius 1 is 1.31 bits per heavy atom. The van der Waals surface area contributed by atoms with E-state index in [-0.39, 0.29) is 0 Å². The summed E-state index contributed by atoms with van der Waals surface area (Å²) < 4.78 is 0.990. The first-order valence-corrected chi connectivity index (χ1v) is 5.76. The maximum Gasteiger partial charge on any atom is 0.149 e. The van der Waals surface area contributed by atoms with Crippen LogP contribution in [-0.2, 0) is 0 Å². The largest absolute Gasteiger partial charge is 0.397 e. The molecule has 0 bridgehead atoms. The van der Waals surface area contributed by atoms with E-state index in [1.54, 1.807) is 12.3 Å². The lowest BCUT2D eigenvalue weighted by Gasteiger charge is -2.07. The summed E-state index contributed by atoms with van der Waals surface area (Å²) in [5, 5.41) is 3.61. The van der Waals surface area contributed by atoms with Crippen LogP contribution in [0, 0.1) is 0 Å². The molecule has 0 amide bonds. The van der Waals surface area contributed by atoms with Gasteiger partial charge in [-0.15, -0.1) is 0 Å². The molecule has 2 rings (SSSR count). The topological polar surface area (TPSA) is 50.9 Å². The van der Waals surface area contributed by atoms with Crippen LogP contribution in [0.15, 0.2) is 41.0 Å². The monoisotopic (exact) mass is 297 g/mol. The first kappa shape index (κ1) is 11.2. The van der Waals surface area contributed by atoms with Crippen LogP contribution >= 0.6 is 27.5 Å². The second-order valence-electron chi connectivity index (χ2n) is 3.23. The fourth-order valence-electron chi connectivity index (χ4n) is 1.25. The molecule has 5 heteroatoms. The van der Waals surface area contributed by atoms with Crippen molar-refractivity contribution in [3.8, 4) is 0 Å². The molecule has 0 radical (unpaired) electrons. The van der Waals surface area contributed by atoms with E-state index < -0.39 is 0 Å². The highest BCUT2D eigenvalue weighted by molar-refractivity contribution is 9.10. The van der Waals surface area contributed by atoms with Crippen LogP contribution in [0.25, 0.3) is 0 Å². The molecule has 0 fully saturated rings. The van der Waals surface area contributed by atoms with Crippen LogP contribution in [0.4, 0.5) is 17.2 Å². The Morgan fingerprint density at radius 3 is 2.81 bits per heavy atom. The molecule has 3 nitrogen and oxygen atoms in total. The zero-order valence-corrected chi connectivity index (χ0v) is 10.6. The van der Waals surface area contributed by atoms with Gasteiger partial charge in [0.05, 0.1) is 16.9 Å². The highest BCUT2D eigenvalue weighted by Gasteiger charge is 2.02. The number of rotatable bonds is 2. The number of pyridine rings is 1. The SMILES string of the molecule is Nc1cnc(Nc2cccc(Br)c2)c(Cl)c1. The highest BCUT2D eigenvalue weighted by atomic mass is 79.9. The van der Waals surface area contributed by atoms with Gasteiger partial charge in [-0.2, -0.15) is 0 Å². The molecule has 1 aromatic heterocycles. The third-order valence-electron chi connectivity index (χ3n) is 1.95. The Bertz CT molecular complexity index is 516. The zero-order chi connectivity index (χ0) is 11.5. The molecule has 0 saturated carbocycles. The van der Waals surface area contributed by atoms with Gasteiger partial charge in [-0.05, 0) is 24.3 Å². The summed E-state index contributed by atoms with van der Waals surface area (Å²) >= 11 is 9.39. The molecule has 16 heavy (non-hydrogen) atoms. The van der Waals surface area contributed by atoms with Gasteiger partial charge in [0.2, 0.25) is 0 Å². The van der Waals surface area contributed by atoms with Gasteiger partial charge >= 0.3 is 0 Å². The van der Waals surface area contributed by atoms with Crippen molar-refractivity contribution in [2.24, 2.45) is 0 Å². The average molecular weight is 299 g/mol. The summed E-state index contributed by atoms with van der Waals surface area (Å²) in [5.41, 5.74) is 7.02. The van der Waals surface area contributed by atoms with Gasteiger partial charge < -0.3 is 11.1 Å². The molecule has 82 valence electrons. The Balaban J connectivity index is 2.27. The summed E-state index contributed by atoms with van der Waals surface area (Å²) in [6, 6.07) is 9.41. The Kier molecular flexibility index (Phi) is 3.31. The molecule has 2 aromatic rings. The van der Waals surface area contributed by atoms with Crippen molar-refractivity contribution in [2.75, 3.05) is 11.1 Å². The van der Waals surface area contributed by atoms with Crippen LogP contribution in [0.3, 0.4) is 0 Å². The minimum absolute atomic E-state index is 0.500. The summed E-state index contributed by atoms with van der Waals surface area (Å²) in [6.07, 6.45) is 1.56. The fraction of sp³-hybridized carbons (Fsp3) is 0. The smallest absolute Gasteiger partial charge is 0.149 e. The number of hydrogen-bond acceptors (Lipinski definition) is 3. The van der Waals surface area contributed by atoms with E-state index in [1.807, 2.05) is 24.3 Å². The third-order valence-corrected chi connectivity index (χ3v) is 2.73. The van der Waals surface area contributed by atoms with E-state index in [9.17, 15) is 0 Å².